The van der Waals surface area contributed by atoms with Crippen LogP contribution in [0.1, 0.15) is 10.4 Å². The number of anilines is 1. The molecule has 4 nitrogen and oxygen atoms in total. The second-order valence-electron chi connectivity index (χ2n) is 3.97. The second-order valence-corrected chi connectivity index (χ2v) is 6.74. The van der Waals surface area contributed by atoms with Gasteiger partial charge in [-0.3, -0.25) is 10.1 Å². The highest BCUT2D eigenvalue weighted by Gasteiger charge is 2.14. The zero-order valence-corrected chi connectivity index (χ0v) is 13.5. The molecule has 3 aromatic rings. The highest BCUT2D eigenvalue weighted by atomic mass is 35.5. The van der Waals surface area contributed by atoms with E-state index in [0.29, 0.717) is 20.7 Å². The first kappa shape index (κ1) is 14.5. The summed E-state index contributed by atoms with van der Waals surface area (Å²) in [7, 11) is 0. The van der Waals surface area contributed by atoms with Crippen LogP contribution in [-0.2, 0) is 0 Å². The van der Waals surface area contributed by atoms with Crippen molar-refractivity contribution in [2.75, 3.05) is 5.32 Å². The molecule has 106 valence electrons. The lowest BCUT2D eigenvalue weighted by molar-refractivity contribution is 0.102. The monoisotopic (exact) mass is 355 g/mol. The van der Waals surface area contributed by atoms with Gasteiger partial charge in [-0.15, -0.1) is 21.5 Å². The molecule has 0 aliphatic carbocycles. The van der Waals surface area contributed by atoms with Crippen LogP contribution in [-0.4, -0.2) is 16.1 Å². The number of thiophene rings is 1. The number of hydrogen-bond acceptors (Lipinski definition) is 5. The van der Waals surface area contributed by atoms with Crippen molar-refractivity contribution < 1.29 is 4.79 Å². The lowest BCUT2D eigenvalue weighted by Crippen LogP contribution is -2.12. The van der Waals surface area contributed by atoms with E-state index in [9.17, 15) is 4.79 Å². The van der Waals surface area contributed by atoms with Gasteiger partial charge < -0.3 is 0 Å². The Morgan fingerprint density at radius 3 is 2.76 bits per heavy atom. The Bertz CT molecular complexity index is 787. The molecular weight excluding hydrogens is 349 g/mol. The summed E-state index contributed by atoms with van der Waals surface area (Å²) in [6, 6.07) is 8.59. The summed E-state index contributed by atoms with van der Waals surface area (Å²) in [6.45, 7) is 0. The number of nitrogens with zero attached hydrogens (tertiary/aromatic N) is 2. The summed E-state index contributed by atoms with van der Waals surface area (Å²) < 4.78 is 0. The van der Waals surface area contributed by atoms with E-state index in [1.54, 1.807) is 23.5 Å². The van der Waals surface area contributed by atoms with E-state index in [4.69, 9.17) is 23.2 Å². The topological polar surface area (TPSA) is 54.9 Å². The first-order valence-electron chi connectivity index (χ1n) is 5.77. The van der Waals surface area contributed by atoms with Crippen molar-refractivity contribution in [1.29, 1.82) is 0 Å². The summed E-state index contributed by atoms with van der Waals surface area (Å²) in [5.74, 6) is -0.342. The molecule has 0 saturated carbocycles. The Morgan fingerprint density at radius 2 is 2.05 bits per heavy atom. The number of benzene rings is 1. The fraction of sp³-hybridized carbons (Fsp3) is 0. The van der Waals surface area contributed by atoms with Crippen molar-refractivity contribution >= 4 is 56.9 Å². The first-order valence-corrected chi connectivity index (χ1v) is 8.22. The molecule has 2 heterocycles. The second kappa shape index (κ2) is 6.11. The third-order valence-corrected chi connectivity index (χ3v) is 4.98. The van der Waals surface area contributed by atoms with Crippen LogP contribution in [0.4, 0.5) is 5.13 Å². The van der Waals surface area contributed by atoms with E-state index in [-0.39, 0.29) is 5.91 Å². The molecule has 1 amide bonds. The predicted molar refractivity (Wildman–Crippen MR) is 87.6 cm³/mol. The molecule has 0 bridgehead atoms. The Hall–Kier alpha value is -1.47. The number of halogens is 2. The third-order valence-electron chi connectivity index (χ3n) is 2.55. The molecule has 21 heavy (non-hydrogen) atoms. The van der Waals surface area contributed by atoms with Crippen molar-refractivity contribution in [3.8, 4) is 9.88 Å². The van der Waals surface area contributed by atoms with E-state index in [1.807, 2.05) is 17.5 Å². The van der Waals surface area contributed by atoms with Gasteiger partial charge in [0.2, 0.25) is 5.13 Å². The summed E-state index contributed by atoms with van der Waals surface area (Å²) in [5, 5.41) is 14.6. The first-order chi connectivity index (χ1) is 10.1. The van der Waals surface area contributed by atoms with Gasteiger partial charge in [-0.1, -0.05) is 40.6 Å². The lowest BCUT2D eigenvalue weighted by atomic mass is 10.2. The number of amides is 1. The molecule has 0 atom stereocenters. The van der Waals surface area contributed by atoms with Crippen LogP contribution in [0.5, 0.6) is 0 Å². The van der Waals surface area contributed by atoms with Crippen molar-refractivity contribution in [3.05, 3.63) is 51.3 Å². The van der Waals surface area contributed by atoms with Gasteiger partial charge in [-0.05, 0) is 29.6 Å². The lowest BCUT2D eigenvalue weighted by Gasteiger charge is -2.03. The molecule has 0 aliphatic rings. The third kappa shape index (κ3) is 3.24. The molecule has 2 aromatic heterocycles. The number of carbonyl (C=O) groups is 1. The molecule has 0 unspecified atom stereocenters. The fourth-order valence-corrected chi connectivity index (χ4v) is 3.64. The molecule has 1 aromatic carbocycles. The predicted octanol–water partition coefficient (Wildman–Crippen LogP) is 4.83. The zero-order chi connectivity index (χ0) is 14.8. The number of hydrogen-bond donors (Lipinski definition) is 1. The van der Waals surface area contributed by atoms with Gasteiger partial charge in [-0.25, -0.2) is 0 Å². The minimum atomic E-state index is -0.342. The molecule has 0 radical (unpaired) electrons. The van der Waals surface area contributed by atoms with Gasteiger partial charge in [0.15, 0.2) is 5.01 Å². The van der Waals surface area contributed by atoms with Gasteiger partial charge in [0.25, 0.3) is 5.91 Å². The van der Waals surface area contributed by atoms with Gasteiger partial charge in [0, 0.05) is 5.02 Å². The highest BCUT2D eigenvalue weighted by molar-refractivity contribution is 7.23. The van der Waals surface area contributed by atoms with Crippen LogP contribution in [0.25, 0.3) is 9.88 Å². The largest absolute Gasteiger partial charge is 0.296 e. The SMILES string of the molecule is O=C(Nc1nnc(-c2cccs2)s1)c1ccc(Cl)cc1Cl. The van der Waals surface area contributed by atoms with Crippen LogP contribution < -0.4 is 5.32 Å². The van der Waals surface area contributed by atoms with Crippen molar-refractivity contribution in [2.24, 2.45) is 0 Å². The van der Waals surface area contributed by atoms with Gasteiger partial charge in [0.05, 0.1) is 15.5 Å². The van der Waals surface area contributed by atoms with E-state index in [0.717, 1.165) is 9.88 Å². The highest BCUT2D eigenvalue weighted by Crippen LogP contribution is 2.30. The number of aromatic nitrogens is 2. The van der Waals surface area contributed by atoms with Crippen LogP contribution in [0.2, 0.25) is 10.0 Å². The maximum absolute atomic E-state index is 12.1. The standard InChI is InChI=1S/C13H7Cl2N3OS2/c14-7-3-4-8(9(15)6-7)11(19)16-13-18-17-12(21-13)10-2-1-5-20-10/h1-6H,(H,16,18,19). The van der Waals surface area contributed by atoms with E-state index >= 15 is 0 Å². The van der Waals surface area contributed by atoms with E-state index < -0.39 is 0 Å². The number of nitrogens with one attached hydrogen (secondary N) is 1. The minimum absolute atomic E-state index is 0.294. The van der Waals surface area contributed by atoms with Crippen LogP contribution in [0.15, 0.2) is 35.7 Å². The summed E-state index contributed by atoms with van der Waals surface area (Å²) in [6.07, 6.45) is 0. The molecular formula is C13H7Cl2N3OS2. The number of rotatable bonds is 3. The summed E-state index contributed by atoms with van der Waals surface area (Å²) in [5.41, 5.74) is 0.342. The quantitative estimate of drug-likeness (QED) is 0.732. The van der Waals surface area contributed by atoms with Gasteiger partial charge in [0.1, 0.15) is 0 Å². The van der Waals surface area contributed by atoms with Gasteiger partial charge >= 0.3 is 0 Å². The Labute approximate surface area is 138 Å². The summed E-state index contributed by atoms with van der Waals surface area (Å²) >= 11 is 14.7. The number of carbonyl (C=O) groups excluding carboxylic acids is 1. The average molecular weight is 356 g/mol. The van der Waals surface area contributed by atoms with Crippen molar-refractivity contribution in [1.82, 2.24) is 10.2 Å². The summed E-state index contributed by atoms with van der Waals surface area (Å²) in [4.78, 5) is 13.2. The van der Waals surface area contributed by atoms with Crippen LogP contribution >= 0.6 is 45.9 Å². The van der Waals surface area contributed by atoms with Crippen molar-refractivity contribution in [3.63, 3.8) is 0 Å². The Kier molecular flexibility index (Phi) is 4.21. The van der Waals surface area contributed by atoms with E-state index in [1.165, 1.54) is 17.4 Å². The van der Waals surface area contributed by atoms with Crippen LogP contribution in [0, 0.1) is 0 Å². The Morgan fingerprint density at radius 1 is 1.19 bits per heavy atom. The van der Waals surface area contributed by atoms with Crippen LogP contribution in [0.3, 0.4) is 0 Å². The normalized spacial score (nSPS) is 10.6. The Balaban J connectivity index is 1.79. The molecule has 0 fully saturated rings. The molecule has 0 spiro atoms. The van der Waals surface area contributed by atoms with E-state index in [2.05, 4.69) is 15.5 Å². The van der Waals surface area contributed by atoms with Gasteiger partial charge in [-0.2, -0.15) is 0 Å². The molecule has 3 rings (SSSR count). The maximum atomic E-state index is 12.1. The maximum Gasteiger partial charge on any atom is 0.259 e. The fourth-order valence-electron chi connectivity index (χ4n) is 1.61. The molecule has 8 heteroatoms. The molecule has 1 N–H and O–H groups in total. The minimum Gasteiger partial charge on any atom is -0.296 e. The molecule has 0 saturated heterocycles. The smallest absolute Gasteiger partial charge is 0.259 e. The average Bonchev–Trinajstić information content (AvgIpc) is 3.08. The van der Waals surface area contributed by atoms with Crippen molar-refractivity contribution in [2.45, 2.75) is 0 Å². The zero-order valence-electron chi connectivity index (χ0n) is 10.3. The molecule has 0 aliphatic heterocycles.